The van der Waals surface area contributed by atoms with Crippen LogP contribution in [0.1, 0.15) is 26.3 Å². The number of methoxy groups -OCH3 is 1. The van der Waals surface area contributed by atoms with Crippen LogP contribution in [0.2, 0.25) is 0 Å². The van der Waals surface area contributed by atoms with Gasteiger partial charge in [-0.2, -0.15) is 0 Å². The van der Waals surface area contributed by atoms with Crippen LogP contribution in [-0.4, -0.2) is 30.5 Å². The van der Waals surface area contributed by atoms with E-state index in [0.29, 0.717) is 12.3 Å². The minimum absolute atomic E-state index is 0.108. The van der Waals surface area contributed by atoms with Gasteiger partial charge < -0.3 is 14.6 Å². The molecular formula is C16H23BrO3. The third-order valence-corrected chi connectivity index (χ3v) is 5.04. The first-order chi connectivity index (χ1) is 9.43. The Morgan fingerprint density at radius 3 is 2.50 bits per heavy atom. The number of halogens is 1. The van der Waals surface area contributed by atoms with Crippen molar-refractivity contribution in [1.82, 2.24) is 0 Å². The molecule has 1 heterocycles. The molecule has 1 aromatic rings. The summed E-state index contributed by atoms with van der Waals surface area (Å²) in [5, 5.41) is 10.6. The van der Waals surface area contributed by atoms with Crippen molar-refractivity contribution in [1.29, 1.82) is 0 Å². The maximum Gasteiger partial charge on any atom is 0.133 e. The lowest BCUT2D eigenvalue weighted by molar-refractivity contribution is 0.0240. The molecule has 0 amide bonds. The van der Waals surface area contributed by atoms with Crippen LogP contribution in [0, 0.1) is 11.8 Å². The van der Waals surface area contributed by atoms with Crippen LogP contribution >= 0.6 is 15.9 Å². The maximum atomic E-state index is 10.6. The van der Waals surface area contributed by atoms with Crippen molar-refractivity contribution in [2.45, 2.75) is 45.5 Å². The van der Waals surface area contributed by atoms with Crippen LogP contribution in [0.4, 0.5) is 0 Å². The topological polar surface area (TPSA) is 38.7 Å². The molecule has 2 rings (SSSR count). The summed E-state index contributed by atoms with van der Waals surface area (Å²) in [5.74, 6) is 1.37. The summed E-state index contributed by atoms with van der Waals surface area (Å²) in [7, 11) is 1.65. The smallest absolute Gasteiger partial charge is 0.133 e. The molecule has 1 aromatic carbocycles. The van der Waals surface area contributed by atoms with Gasteiger partial charge in [-0.15, -0.1) is 0 Å². The van der Waals surface area contributed by atoms with E-state index in [9.17, 15) is 5.11 Å². The predicted octanol–water partition coefficient (Wildman–Crippen LogP) is 3.42. The molecule has 5 unspecified atom stereocenters. The van der Waals surface area contributed by atoms with Gasteiger partial charge in [0.05, 0.1) is 29.9 Å². The molecule has 1 fully saturated rings. The SMILES string of the molecule is COc1ccc(CC(O)C2C(C)OC(C)C2C)cc1Br. The average Bonchev–Trinajstić information content (AvgIpc) is 2.63. The van der Waals surface area contributed by atoms with Gasteiger partial charge in [0.1, 0.15) is 5.75 Å². The van der Waals surface area contributed by atoms with Crippen LogP contribution in [-0.2, 0) is 11.2 Å². The fourth-order valence-corrected chi connectivity index (χ4v) is 3.76. The third kappa shape index (κ3) is 3.18. The van der Waals surface area contributed by atoms with Crippen LogP contribution in [0.3, 0.4) is 0 Å². The lowest BCUT2D eigenvalue weighted by atomic mass is 9.83. The zero-order valence-corrected chi connectivity index (χ0v) is 14.1. The summed E-state index contributed by atoms with van der Waals surface area (Å²) in [5.41, 5.74) is 1.10. The fraction of sp³-hybridized carbons (Fsp3) is 0.625. The number of ether oxygens (including phenoxy) is 2. The molecule has 1 saturated heterocycles. The second kappa shape index (κ2) is 6.46. The zero-order valence-electron chi connectivity index (χ0n) is 12.5. The van der Waals surface area contributed by atoms with Crippen LogP contribution in [0.15, 0.2) is 22.7 Å². The Bertz CT molecular complexity index is 463. The van der Waals surface area contributed by atoms with Crippen molar-refractivity contribution in [2.24, 2.45) is 11.8 Å². The highest BCUT2D eigenvalue weighted by Gasteiger charge is 2.40. The molecular weight excluding hydrogens is 320 g/mol. The monoisotopic (exact) mass is 342 g/mol. The molecule has 0 saturated carbocycles. The van der Waals surface area contributed by atoms with Crippen molar-refractivity contribution >= 4 is 15.9 Å². The van der Waals surface area contributed by atoms with Gasteiger partial charge in [-0.3, -0.25) is 0 Å². The van der Waals surface area contributed by atoms with Crippen LogP contribution < -0.4 is 4.74 Å². The van der Waals surface area contributed by atoms with Crippen LogP contribution in [0.25, 0.3) is 0 Å². The highest BCUT2D eigenvalue weighted by molar-refractivity contribution is 9.10. The molecule has 0 spiro atoms. The van der Waals surface area contributed by atoms with E-state index >= 15 is 0 Å². The highest BCUT2D eigenvalue weighted by atomic mass is 79.9. The fourth-order valence-electron chi connectivity index (χ4n) is 3.17. The summed E-state index contributed by atoms with van der Waals surface area (Å²) >= 11 is 3.48. The minimum atomic E-state index is -0.384. The number of rotatable bonds is 4. The van der Waals surface area contributed by atoms with Crippen molar-refractivity contribution in [3.05, 3.63) is 28.2 Å². The van der Waals surface area contributed by atoms with E-state index in [2.05, 4.69) is 36.7 Å². The number of aliphatic hydroxyl groups excluding tert-OH is 1. The quantitative estimate of drug-likeness (QED) is 0.910. The lowest BCUT2D eigenvalue weighted by Gasteiger charge is -2.24. The Hall–Kier alpha value is -0.580. The van der Waals surface area contributed by atoms with Gasteiger partial charge in [-0.1, -0.05) is 13.0 Å². The second-order valence-corrected chi connectivity index (χ2v) is 6.58. The van der Waals surface area contributed by atoms with Crippen molar-refractivity contribution in [2.75, 3.05) is 7.11 Å². The molecule has 0 bridgehead atoms. The summed E-state index contributed by atoms with van der Waals surface area (Å²) in [4.78, 5) is 0. The Labute approximate surface area is 129 Å². The van der Waals surface area contributed by atoms with E-state index in [-0.39, 0.29) is 24.2 Å². The number of hydrogen-bond donors (Lipinski definition) is 1. The molecule has 5 atom stereocenters. The molecule has 0 radical (unpaired) electrons. The van der Waals surface area contributed by atoms with E-state index in [4.69, 9.17) is 9.47 Å². The summed E-state index contributed by atoms with van der Waals surface area (Å²) in [6.45, 7) is 6.29. The Morgan fingerprint density at radius 1 is 1.30 bits per heavy atom. The van der Waals surface area contributed by atoms with Gasteiger partial charge in [0.25, 0.3) is 0 Å². The largest absolute Gasteiger partial charge is 0.496 e. The first kappa shape index (κ1) is 15.8. The van der Waals surface area contributed by atoms with Gasteiger partial charge in [-0.05, 0) is 59.8 Å². The van der Waals surface area contributed by atoms with Gasteiger partial charge >= 0.3 is 0 Å². The van der Waals surface area contributed by atoms with Crippen molar-refractivity contribution < 1.29 is 14.6 Å². The number of aliphatic hydroxyl groups is 1. The summed E-state index contributed by atoms with van der Waals surface area (Å²) in [6, 6.07) is 5.94. The van der Waals surface area contributed by atoms with E-state index in [0.717, 1.165) is 15.8 Å². The average molecular weight is 343 g/mol. The van der Waals surface area contributed by atoms with Gasteiger partial charge in [0.2, 0.25) is 0 Å². The lowest BCUT2D eigenvalue weighted by Crippen LogP contribution is -2.32. The van der Waals surface area contributed by atoms with Gasteiger partial charge in [0.15, 0.2) is 0 Å². The molecule has 0 aromatic heterocycles. The first-order valence-electron chi connectivity index (χ1n) is 7.10. The number of benzene rings is 1. The second-order valence-electron chi connectivity index (χ2n) is 5.72. The van der Waals surface area contributed by atoms with E-state index in [1.165, 1.54) is 0 Å². The Balaban J connectivity index is 2.08. The minimum Gasteiger partial charge on any atom is -0.496 e. The molecule has 0 aliphatic carbocycles. The molecule has 20 heavy (non-hydrogen) atoms. The molecule has 112 valence electrons. The first-order valence-corrected chi connectivity index (χ1v) is 7.89. The Morgan fingerprint density at radius 2 is 2.00 bits per heavy atom. The zero-order chi connectivity index (χ0) is 14.9. The van der Waals surface area contributed by atoms with E-state index in [1.54, 1.807) is 7.11 Å². The molecule has 3 nitrogen and oxygen atoms in total. The van der Waals surface area contributed by atoms with Crippen molar-refractivity contribution in [3.8, 4) is 5.75 Å². The van der Waals surface area contributed by atoms with Crippen LogP contribution in [0.5, 0.6) is 5.75 Å². The third-order valence-electron chi connectivity index (χ3n) is 4.42. The maximum absolute atomic E-state index is 10.6. The highest BCUT2D eigenvalue weighted by Crippen LogP contribution is 2.36. The predicted molar refractivity (Wildman–Crippen MR) is 83.1 cm³/mol. The number of hydrogen-bond acceptors (Lipinski definition) is 3. The molecule has 1 aliphatic heterocycles. The molecule has 1 N–H and O–H groups in total. The van der Waals surface area contributed by atoms with Crippen molar-refractivity contribution in [3.63, 3.8) is 0 Å². The van der Waals surface area contributed by atoms with E-state index < -0.39 is 0 Å². The standard InChI is InChI=1S/C16H23BrO3/c1-9-10(2)20-11(3)16(9)14(18)8-12-5-6-15(19-4)13(17)7-12/h5-7,9-11,14,16,18H,8H2,1-4H3. The Kier molecular flexibility index (Phi) is 5.10. The van der Waals surface area contributed by atoms with E-state index in [1.807, 2.05) is 18.2 Å². The summed E-state index contributed by atoms with van der Waals surface area (Å²) in [6.07, 6.45) is 0.576. The normalized spacial score (nSPS) is 31.3. The van der Waals surface area contributed by atoms with Gasteiger partial charge in [-0.25, -0.2) is 0 Å². The molecule has 4 heteroatoms. The summed E-state index contributed by atoms with van der Waals surface area (Å²) < 4.78 is 12.0. The van der Waals surface area contributed by atoms with Gasteiger partial charge in [0, 0.05) is 5.92 Å². The molecule has 1 aliphatic rings.